The van der Waals surface area contributed by atoms with Crippen molar-refractivity contribution in [2.45, 2.75) is 71.5 Å². The minimum atomic E-state index is 0.611. The van der Waals surface area contributed by atoms with E-state index in [2.05, 4.69) is 67.8 Å². The van der Waals surface area contributed by atoms with Crippen LogP contribution in [0.15, 0.2) is 42.5 Å². The smallest absolute Gasteiger partial charge is 0.129 e. The molecule has 2 aliphatic rings. The van der Waals surface area contributed by atoms with Crippen LogP contribution in [0.1, 0.15) is 73.0 Å². The van der Waals surface area contributed by atoms with E-state index in [1.807, 2.05) is 0 Å². The molecule has 146 valence electrons. The molecule has 0 amide bonds. The van der Waals surface area contributed by atoms with E-state index >= 15 is 0 Å². The zero-order chi connectivity index (χ0) is 19.3. The standard InChI is InChI=1S/C26H32N2/c1-18(2)21-11-9-20(10-12-21)17-27-14-5-15-28-24-13-8-19(3)16-23(24)22-6-4-7-25(27)26(22)28/h8-13,16,18,25H,4-7,14-15,17H2,1-3H3/p+1/t25-/m0/s1. The predicted molar refractivity (Wildman–Crippen MR) is 117 cm³/mol. The molecule has 1 unspecified atom stereocenters. The Balaban J connectivity index is 1.52. The van der Waals surface area contributed by atoms with E-state index in [0.717, 1.165) is 6.54 Å². The SMILES string of the molecule is Cc1ccc2c(c1)c1c3n2CCC[NH+](Cc2ccc(C(C)C)cc2)[C@H]3CCC1. The number of hydrogen-bond donors (Lipinski definition) is 1. The predicted octanol–water partition coefficient (Wildman–Crippen LogP) is 4.94. The zero-order valence-corrected chi connectivity index (χ0v) is 17.6. The second-order valence-electron chi connectivity index (χ2n) is 9.32. The van der Waals surface area contributed by atoms with Crippen LogP contribution in [0.5, 0.6) is 0 Å². The zero-order valence-electron chi connectivity index (χ0n) is 17.6. The number of aromatic nitrogens is 1. The summed E-state index contributed by atoms with van der Waals surface area (Å²) in [4.78, 5) is 1.77. The summed E-state index contributed by atoms with van der Waals surface area (Å²) in [5.41, 5.74) is 9.13. The van der Waals surface area contributed by atoms with Gasteiger partial charge in [0.15, 0.2) is 0 Å². The Morgan fingerprint density at radius 1 is 1.07 bits per heavy atom. The van der Waals surface area contributed by atoms with E-state index in [1.165, 1.54) is 66.4 Å². The summed E-state index contributed by atoms with van der Waals surface area (Å²) in [7, 11) is 0. The molecule has 1 aliphatic carbocycles. The third kappa shape index (κ3) is 2.99. The lowest BCUT2D eigenvalue weighted by Crippen LogP contribution is -3.11. The maximum absolute atomic E-state index is 2.68. The molecule has 5 rings (SSSR count). The topological polar surface area (TPSA) is 9.37 Å². The summed E-state index contributed by atoms with van der Waals surface area (Å²) in [5, 5.41) is 1.53. The highest BCUT2D eigenvalue weighted by Crippen LogP contribution is 2.37. The molecular weight excluding hydrogens is 340 g/mol. The summed E-state index contributed by atoms with van der Waals surface area (Å²) >= 11 is 0. The number of benzene rings is 2. The first kappa shape index (κ1) is 18.0. The molecule has 0 spiro atoms. The quantitative estimate of drug-likeness (QED) is 0.666. The monoisotopic (exact) mass is 373 g/mol. The third-order valence-corrected chi connectivity index (χ3v) is 7.07. The molecule has 28 heavy (non-hydrogen) atoms. The number of rotatable bonds is 3. The van der Waals surface area contributed by atoms with Crippen molar-refractivity contribution < 1.29 is 4.90 Å². The maximum Gasteiger partial charge on any atom is 0.129 e. The number of nitrogens with zero attached hydrogens (tertiary/aromatic N) is 1. The first-order chi connectivity index (χ1) is 13.6. The van der Waals surface area contributed by atoms with Crippen LogP contribution in [0.25, 0.3) is 10.9 Å². The van der Waals surface area contributed by atoms with E-state index in [9.17, 15) is 0 Å². The highest BCUT2D eigenvalue weighted by atomic mass is 15.2. The van der Waals surface area contributed by atoms with Gasteiger partial charge in [0.1, 0.15) is 12.6 Å². The van der Waals surface area contributed by atoms with Gasteiger partial charge in [-0.25, -0.2) is 0 Å². The Labute approximate surface area is 169 Å². The van der Waals surface area contributed by atoms with Gasteiger partial charge in [0.05, 0.1) is 12.2 Å². The fraction of sp³-hybridized carbons (Fsp3) is 0.462. The summed E-state index contributed by atoms with van der Waals surface area (Å²) in [6.45, 7) is 10.4. The normalized spacial score (nSPS) is 21.7. The van der Waals surface area contributed by atoms with E-state index in [0.29, 0.717) is 12.0 Å². The Morgan fingerprint density at radius 3 is 2.68 bits per heavy atom. The average molecular weight is 374 g/mol. The summed E-state index contributed by atoms with van der Waals surface area (Å²) in [6.07, 6.45) is 5.21. The molecule has 0 radical (unpaired) electrons. The lowest BCUT2D eigenvalue weighted by Gasteiger charge is -2.31. The van der Waals surface area contributed by atoms with Crippen molar-refractivity contribution in [3.05, 3.63) is 70.4 Å². The third-order valence-electron chi connectivity index (χ3n) is 7.07. The lowest BCUT2D eigenvalue weighted by atomic mass is 9.90. The highest BCUT2D eigenvalue weighted by Gasteiger charge is 2.36. The van der Waals surface area contributed by atoms with Gasteiger partial charge in [0.2, 0.25) is 0 Å². The molecule has 0 fully saturated rings. The van der Waals surface area contributed by atoms with E-state index < -0.39 is 0 Å². The van der Waals surface area contributed by atoms with Gasteiger partial charge < -0.3 is 9.47 Å². The van der Waals surface area contributed by atoms with Crippen molar-refractivity contribution in [2.24, 2.45) is 0 Å². The van der Waals surface area contributed by atoms with Crippen LogP contribution in [0.2, 0.25) is 0 Å². The van der Waals surface area contributed by atoms with Crippen LogP contribution in [-0.2, 0) is 19.5 Å². The highest BCUT2D eigenvalue weighted by molar-refractivity contribution is 5.86. The van der Waals surface area contributed by atoms with Crippen LogP contribution in [-0.4, -0.2) is 11.1 Å². The molecule has 0 saturated heterocycles. The van der Waals surface area contributed by atoms with Gasteiger partial charge in [-0.3, -0.25) is 0 Å². The Morgan fingerprint density at radius 2 is 1.89 bits per heavy atom. The summed E-state index contributed by atoms with van der Waals surface area (Å²) in [6, 6.07) is 17.2. The van der Waals surface area contributed by atoms with Crippen LogP contribution in [0, 0.1) is 6.92 Å². The minimum absolute atomic E-state index is 0.611. The molecule has 2 nitrogen and oxygen atoms in total. The number of quaternary nitrogens is 1. The lowest BCUT2D eigenvalue weighted by molar-refractivity contribution is -0.945. The second kappa shape index (κ2) is 7.08. The van der Waals surface area contributed by atoms with Crippen LogP contribution in [0.3, 0.4) is 0 Å². The van der Waals surface area contributed by atoms with Gasteiger partial charge in [0.25, 0.3) is 0 Å². The first-order valence-corrected chi connectivity index (χ1v) is 11.2. The molecule has 3 aromatic rings. The van der Waals surface area contributed by atoms with Gasteiger partial charge in [-0.15, -0.1) is 0 Å². The molecule has 1 N–H and O–H groups in total. The van der Waals surface area contributed by atoms with E-state index in [-0.39, 0.29) is 0 Å². The maximum atomic E-state index is 2.68. The molecule has 2 atom stereocenters. The molecule has 0 saturated carbocycles. The van der Waals surface area contributed by atoms with Gasteiger partial charge in [-0.2, -0.15) is 0 Å². The molecule has 0 bridgehead atoms. The van der Waals surface area contributed by atoms with Crippen molar-refractivity contribution in [1.82, 2.24) is 4.57 Å². The minimum Gasteiger partial charge on any atom is -0.339 e. The van der Waals surface area contributed by atoms with Crippen molar-refractivity contribution in [3.63, 3.8) is 0 Å². The summed E-state index contributed by atoms with van der Waals surface area (Å²) < 4.78 is 2.68. The van der Waals surface area contributed by atoms with Gasteiger partial charge in [0, 0.05) is 35.9 Å². The molecular formula is C26H33N2+. The van der Waals surface area contributed by atoms with Gasteiger partial charge >= 0.3 is 0 Å². The van der Waals surface area contributed by atoms with Crippen molar-refractivity contribution in [2.75, 3.05) is 6.54 Å². The van der Waals surface area contributed by atoms with Crippen LogP contribution in [0.4, 0.5) is 0 Å². The van der Waals surface area contributed by atoms with Crippen LogP contribution < -0.4 is 4.90 Å². The number of aryl methyl sites for hydroxylation is 3. The van der Waals surface area contributed by atoms with Crippen molar-refractivity contribution in [1.29, 1.82) is 0 Å². The first-order valence-electron chi connectivity index (χ1n) is 11.2. The summed E-state index contributed by atoms with van der Waals surface area (Å²) in [5.74, 6) is 0.611. The van der Waals surface area contributed by atoms with Crippen molar-refractivity contribution >= 4 is 10.9 Å². The number of hydrogen-bond acceptors (Lipinski definition) is 0. The van der Waals surface area contributed by atoms with Gasteiger partial charge in [-0.1, -0.05) is 49.7 Å². The fourth-order valence-corrected chi connectivity index (χ4v) is 5.61. The Bertz CT molecular complexity index is 990. The van der Waals surface area contributed by atoms with Gasteiger partial charge in [-0.05, 0) is 48.9 Å². The molecule has 2 aromatic carbocycles. The average Bonchev–Trinajstić information content (AvgIpc) is 2.88. The fourth-order valence-electron chi connectivity index (χ4n) is 5.61. The molecule has 1 aliphatic heterocycles. The van der Waals surface area contributed by atoms with Crippen LogP contribution >= 0.6 is 0 Å². The molecule has 2 heterocycles. The number of fused-ring (bicyclic) bond motifs is 3. The second-order valence-corrected chi connectivity index (χ2v) is 9.32. The molecule has 2 heteroatoms. The van der Waals surface area contributed by atoms with E-state index in [4.69, 9.17) is 0 Å². The largest absolute Gasteiger partial charge is 0.339 e. The van der Waals surface area contributed by atoms with Crippen molar-refractivity contribution in [3.8, 4) is 0 Å². The van der Waals surface area contributed by atoms with E-state index in [1.54, 1.807) is 16.2 Å². The Hall–Kier alpha value is -2.06. The molecule has 1 aromatic heterocycles. The Kier molecular flexibility index (Phi) is 4.55. The number of nitrogens with one attached hydrogen (secondary N) is 1.